The predicted molar refractivity (Wildman–Crippen MR) is 92.9 cm³/mol. The summed E-state index contributed by atoms with van der Waals surface area (Å²) in [5, 5.41) is 2.90. The molecule has 0 aliphatic rings. The predicted octanol–water partition coefficient (Wildman–Crippen LogP) is 2.52. The van der Waals surface area contributed by atoms with Gasteiger partial charge in [-0.2, -0.15) is 0 Å². The van der Waals surface area contributed by atoms with E-state index in [9.17, 15) is 4.79 Å². The number of carbonyl (C=O) groups excluding carboxylic acids is 1. The molecule has 0 heterocycles. The van der Waals surface area contributed by atoms with Crippen molar-refractivity contribution in [3.8, 4) is 11.5 Å². The Labute approximate surface area is 139 Å². The van der Waals surface area contributed by atoms with Crippen molar-refractivity contribution in [3.05, 3.63) is 23.8 Å². The topological polar surface area (TPSA) is 73.6 Å². The second kappa shape index (κ2) is 10.1. The Bertz CT molecular complexity index is 489. The van der Waals surface area contributed by atoms with E-state index in [0.717, 1.165) is 29.9 Å². The number of amides is 1. The molecule has 0 fully saturated rings. The number of rotatable bonds is 10. The maximum absolute atomic E-state index is 11.8. The fourth-order valence-electron chi connectivity index (χ4n) is 2.40. The highest BCUT2D eigenvalue weighted by Gasteiger charge is 2.14. The van der Waals surface area contributed by atoms with Crippen LogP contribution in [-0.4, -0.2) is 32.2 Å². The van der Waals surface area contributed by atoms with Crippen molar-refractivity contribution in [2.45, 2.75) is 46.1 Å². The number of aryl methyl sites for hydroxylation is 1. The average molecular weight is 322 g/mol. The van der Waals surface area contributed by atoms with Crippen LogP contribution in [0.3, 0.4) is 0 Å². The summed E-state index contributed by atoms with van der Waals surface area (Å²) in [6, 6.07) is 5.51. The molecule has 0 spiro atoms. The van der Waals surface area contributed by atoms with Crippen LogP contribution in [0.5, 0.6) is 11.5 Å². The molecule has 1 rings (SSSR count). The molecule has 5 heteroatoms. The van der Waals surface area contributed by atoms with Gasteiger partial charge in [0.2, 0.25) is 5.91 Å². The summed E-state index contributed by atoms with van der Waals surface area (Å²) in [4.78, 5) is 11.8. The van der Waals surface area contributed by atoms with E-state index >= 15 is 0 Å². The van der Waals surface area contributed by atoms with Gasteiger partial charge in [-0.15, -0.1) is 0 Å². The molecule has 0 saturated heterocycles. The van der Waals surface area contributed by atoms with E-state index < -0.39 is 6.04 Å². The summed E-state index contributed by atoms with van der Waals surface area (Å²) in [7, 11) is 1.63. The standard InChI is InChI=1S/C18H30N2O3/c1-5-23-17-12-14(8-9-16(17)22-4)7-6-10-20-18(21)15(19)11-13(2)3/h8-9,12-13,15H,5-7,10-11,19H2,1-4H3,(H,20,21)/t15-/m0/s1. The number of hydrogen-bond donors (Lipinski definition) is 2. The first-order valence-corrected chi connectivity index (χ1v) is 8.30. The van der Waals surface area contributed by atoms with Gasteiger partial charge in [-0.1, -0.05) is 19.9 Å². The number of nitrogens with two attached hydrogens (primary N) is 1. The Hall–Kier alpha value is -1.75. The molecule has 0 aromatic heterocycles. The monoisotopic (exact) mass is 322 g/mol. The van der Waals surface area contributed by atoms with Crippen LogP contribution in [-0.2, 0) is 11.2 Å². The van der Waals surface area contributed by atoms with Gasteiger partial charge in [0.05, 0.1) is 19.8 Å². The molecule has 1 atom stereocenters. The molecule has 0 bridgehead atoms. The maximum atomic E-state index is 11.8. The van der Waals surface area contributed by atoms with E-state index in [1.165, 1.54) is 0 Å². The summed E-state index contributed by atoms with van der Waals surface area (Å²) in [5.74, 6) is 1.86. The van der Waals surface area contributed by atoms with Gasteiger partial charge >= 0.3 is 0 Å². The van der Waals surface area contributed by atoms with Crippen LogP contribution in [0, 0.1) is 5.92 Å². The molecule has 5 nitrogen and oxygen atoms in total. The fourth-order valence-corrected chi connectivity index (χ4v) is 2.40. The Balaban J connectivity index is 2.41. The number of benzene rings is 1. The van der Waals surface area contributed by atoms with E-state index in [1.807, 2.05) is 25.1 Å². The highest BCUT2D eigenvalue weighted by atomic mass is 16.5. The summed E-state index contributed by atoms with van der Waals surface area (Å²) in [6.07, 6.45) is 2.43. The minimum atomic E-state index is -0.416. The Kier molecular flexibility index (Phi) is 8.48. The molecular weight excluding hydrogens is 292 g/mol. The lowest BCUT2D eigenvalue weighted by Gasteiger charge is -2.14. The average Bonchev–Trinajstić information content (AvgIpc) is 2.51. The van der Waals surface area contributed by atoms with Crippen molar-refractivity contribution < 1.29 is 14.3 Å². The van der Waals surface area contributed by atoms with E-state index in [2.05, 4.69) is 19.2 Å². The molecule has 0 saturated carbocycles. The molecule has 1 amide bonds. The molecule has 0 aliphatic carbocycles. The van der Waals surface area contributed by atoms with Crippen molar-refractivity contribution in [2.75, 3.05) is 20.3 Å². The van der Waals surface area contributed by atoms with Gasteiger partial charge in [-0.25, -0.2) is 0 Å². The summed E-state index contributed by atoms with van der Waals surface area (Å²) >= 11 is 0. The second-order valence-electron chi connectivity index (χ2n) is 6.05. The third-order valence-corrected chi connectivity index (χ3v) is 3.53. The smallest absolute Gasteiger partial charge is 0.236 e. The van der Waals surface area contributed by atoms with Crippen LogP contribution in [0.1, 0.15) is 39.2 Å². The zero-order valence-electron chi connectivity index (χ0n) is 14.7. The first-order valence-electron chi connectivity index (χ1n) is 8.30. The Morgan fingerprint density at radius 1 is 1.30 bits per heavy atom. The Morgan fingerprint density at radius 2 is 2.04 bits per heavy atom. The molecule has 23 heavy (non-hydrogen) atoms. The third kappa shape index (κ3) is 6.91. The van der Waals surface area contributed by atoms with Crippen molar-refractivity contribution >= 4 is 5.91 Å². The number of nitrogens with one attached hydrogen (secondary N) is 1. The van der Waals surface area contributed by atoms with Crippen molar-refractivity contribution in [1.82, 2.24) is 5.32 Å². The van der Waals surface area contributed by atoms with Gasteiger partial charge in [0.15, 0.2) is 11.5 Å². The van der Waals surface area contributed by atoms with Gasteiger partial charge in [-0.05, 0) is 49.8 Å². The normalized spacial score (nSPS) is 12.1. The first-order chi connectivity index (χ1) is 11.0. The summed E-state index contributed by atoms with van der Waals surface area (Å²) < 4.78 is 10.8. The SMILES string of the molecule is CCOc1cc(CCCNC(=O)[C@@H](N)CC(C)C)ccc1OC. The second-order valence-corrected chi connectivity index (χ2v) is 6.05. The molecule has 3 N–H and O–H groups in total. The van der Waals surface area contributed by atoms with E-state index in [0.29, 0.717) is 25.5 Å². The van der Waals surface area contributed by atoms with Gasteiger partial charge in [0.25, 0.3) is 0 Å². The van der Waals surface area contributed by atoms with Crippen LogP contribution in [0.15, 0.2) is 18.2 Å². The third-order valence-electron chi connectivity index (χ3n) is 3.53. The van der Waals surface area contributed by atoms with Crippen LogP contribution < -0.4 is 20.5 Å². The molecule has 130 valence electrons. The molecule has 0 unspecified atom stereocenters. The quantitative estimate of drug-likeness (QED) is 0.649. The number of ether oxygens (including phenoxy) is 2. The Morgan fingerprint density at radius 3 is 2.65 bits per heavy atom. The van der Waals surface area contributed by atoms with Crippen LogP contribution in [0.25, 0.3) is 0 Å². The van der Waals surface area contributed by atoms with Crippen molar-refractivity contribution in [2.24, 2.45) is 11.7 Å². The van der Waals surface area contributed by atoms with Gasteiger partial charge in [0, 0.05) is 6.54 Å². The van der Waals surface area contributed by atoms with Crippen molar-refractivity contribution in [3.63, 3.8) is 0 Å². The lowest BCUT2D eigenvalue weighted by Crippen LogP contribution is -2.41. The number of carbonyl (C=O) groups is 1. The molecular formula is C18H30N2O3. The van der Waals surface area contributed by atoms with Gasteiger partial charge in [0.1, 0.15) is 0 Å². The van der Waals surface area contributed by atoms with Crippen LogP contribution in [0.4, 0.5) is 0 Å². The highest BCUT2D eigenvalue weighted by molar-refractivity contribution is 5.81. The van der Waals surface area contributed by atoms with E-state index in [4.69, 9.17) is 15.2 Å². The van der Waals surface area contributed by atoms with E-state index in [1.54, 1.807) is 7.11 Å². The fraction of sp³-hybridized carbons (Fsp3) is 0.611. The number of methoxy groups -OCH3 is 1. The maximum Gasteiger partial charge on any atom is 0.236 e. The minimum Gasteiger partial charge on any atom is -0.493 e. The summed E-state index contributed by atoms with van der Waals surface area (Å²) in [6.45, 7) is 7.30. The zero-order valence-corrected chi connectivity index (χ0v) is 14.7. The number of hydrogen-bond acceptors (Lipinski definition) is 4. The molecule has 1 aromatic carbocycles. The van der Waals surface area contributed by atoms with Crippen LogP contribution in [0.2, 0.25) is 0 Å². The molecule has 0 aliphatic heterocycles. The van der Waals surface area contributed by atoms with Gasteiger partial charge < -0.3 is 20.5 Å². The lowest BCUT2D eigenvalue weighted by atomic mass is 10.0. The van der Waals surface area contributed by atoms with Gasteiger partial charge in [-0.3, -0.25) is 4.79 Å². The minimum absolute atomic E-state index is 0.0663. The summed E-state index contributed by atoms with van der Waals surface area (Å²) in [5.41, 5.74) is 7.02. The zero-order chi connectivity index (χ0) is 17.2. The molecule has 0 radical (unpaired) electrons. The lowest BCUT2D eigenvalue weighted by molar-refractivity contribution is -0.122. The first kappa shape index (κ1) is 19.3. The highest BCUT2D eigenvalue weighted by Crippen LogP contribution is 2.28. The molecule has 1 aromatic rings. The largest absolute Gasteiger partial charge is 0.493 e. The van der Waals surface area contributed by atoms with Crippen molar-refractivity contribution in [1.29, 1.82) is 0 Å². The van der Waals surface area contributed by atoms with E-state index in [-0.39, 0.29) is 5.91 Å². The van der Waals surface area contributed by atoms with Crippen LogP contribution >= 0.6 is 0 Å².